The predicted molar refractivity (Wildman–Crippen MR) is 154 cm³/mol. The van der Waals surface area contributed by atoms with E-state index in [1.807, 2.05) is 5.98 Å². The summed E-state index contributed by atoms with van der Waals surface area (Å²) in [6.07, 6.45) is 4.92. The third kappa shape index (κ3) is 5.02. The normalized spacial score (nSPS) is 39.2. The van der Waals surface area contributed by atoms with Gasteiger partial charge in [-0.1, -0.05) is 82.0 Å². The highest BCUT2D eigenvalue weighted by atomic mass is 28.3. The van der Waals surface area contributed by atoms with E-state index >= 15 is 0 Å². The molecule has 6 aliphatic carbocycles. The lowest BCUT2D eigenvalue weighted by Crippen LogP contribution is -2.59. The number of aliphatic hydroxyl groups is 1. The van der Waals surface area contributed by atoms with E-state index in [0.29, 0.717) is 22.7 Å². The molecule has 0 aromatic heterocycles. The van der Waals surface area contributed by atoms with Crippen LogP contribution in [0.5, 0.6) is 0 Å². The SMILES string of the molecule is C[C@@H]1[C@H]2C[C@@H](C[C@H]1OB(C=C=C([C@H](O)C(C)(C)C)[Si](C)(C)C)O[C@@H]1C[C@@H]3C[C@H]([C@H]1C)C3(C)C)C2(C)C. The summed E-state index contributed by atoms with van der Waals surface area (Å²) in [7, 11) is -2.19. The molecule has 0 aromatic rings. The maximum atomic E-state index is 11.3. The van der Waals surface area contributed by atoms with E-state index in [1.165, 1.54) is 12.8 Å². The second-order valence-corrected chi connectivity index (χ2v) is 21.4. The molecule has 6 fully saturated rings. The van der Waals surface area contributed by atoms with Gasteiger partial charge in [0.25, 0.3) is 0 Å². The van der Waals surface area contributed by atoms with Gasteiger partial charge in [0.15, 0.2) is 0 Å². The Morgan fingerprint density at radius 2 is 1.31 bits per heavy atom. The molecule has 6 aliphatic rings. The third-order valence-electron chi connectivity index (χ3n) is 11.5. The monoisotopic (exact) mass is 514 g/mol. The molecule has 0 spiro atoms. The van der Waals surface area contributed by atoms with Crippen molar-refractivity contribution in [3.63, 3.8) is 0 Å². The van der Waals surface area contributed by atoms with Crippen LogP contribution in [0, 0.1) is 51.8 Å². The Hall–Kier alpha value is -0.318. The number of hydrogen-bond donors (Lipinski definition) is 1. The first-order valence-electron chi connectivity index (χ1n) is 14.8. The summed E-state index contributed by atoms with van der Waals surface area (Å²) in [5.74, 6) is 6.12. The van der Waals surface area contributed by atoms with Gasteiger partial charge >= 0.3 is 7.12 Å². The molecule has 0 amide bonds. The van der Waals surface area contributed by atoms with Crippen LogP contribution in [-0.4, -0.2) is 38.6 Å². The summed E-state index contributed by atoms with van der Waals surface area (Å²) in [4.78, 5) is 0. The predicted octanol–water partition coefficient (Wildman–Crippen LogP) is 7.55. The summed E-state index contributed by atoms with van der Waals surface area (Å²) in [5.41, 5.74) is 4.27. The molecule has 204 valence electrons. The van der Waals surface area contributed by atoms with Crippen molar-refractivity contribution in [2.75, 3.05) is 0 Å². The average Bonchev–Trinajstić information content (AvgIpc) is 2.73. The van der Waals surface area contributed by atoms with E-state index in [9.17, 15) is 5.11 Å². The number of rotatable bonds is 7. The first-order chi connectivity index (χ1) is 16.3. The van der Waals surface area contributed by atoms with Crippen molar-refractivity contribution < 1.29 is 14.4 Å². The van der Waals surface area contributed by atoms with Crippen LogP contribution in [0.15, 0.2) is 16.9 Å². The van der Waals surface area contributed by atoms with Crippen LogP contribution in [-0.2, 0) is 9.31 Å². The minimum absolute atomic E-state index is 0.219. The van der Waals surface area contributed by atoms with Gasteiger partial charge in [-0.15, -0.1) is 5.73 Å². The molecule has 0 radical (unpaired) electrons. The Kier molecular flexibility index (Phi) is 7.49. The number of hydrogen-bond acceptors (Lipinski definition) is 3. The second kappa shape index (κ2) is 9.40. The molecule has 4 bridgehead atoms. The zero-order valence-electron chi connectivity index (χ0n) is 25.4. The fourth-order valence-electron chi connectivity index (χ4n) is 8.32. The Bertz CT molecular complexity index is 846. The number of fused-ring (bicyclic) bond motifs is 4. The highest BCUT2D eigenvalue weighted by Crippen LogP contribution is 2.63. The molecule has 9 atom stereocenters. The zero-order valence-corrected chi connectivity index (χ0v) is 26.4. The van der Waals surface area contributed by atoms with Gasteiger partial charge in [0.1, 0.15) is 0 Å². The minimum atomic E-state index is -1.79. The average molecular weight is 515 g/mol. The van der Waals surface area contributed by atoms with Crippen molar-refractivity contribution in [1.82, 2.24) is 0 Å². The van der Waals surface area contributed by atoms with E-state index in [4.69, 9.17) is 9.31 Å². The van der Waals surface area contributed by atoms with Gasteiger partial charge in [0.05, 0.1) is 14.2 Å². The molecule has 0 aliphatic heterocycles. The Morgan fingerprint density at radius 3 is 1.61 bits per heavy atom. The van der Waals surface area contributed by atoms with Crippen LogP contribution in [0.3, 0.4) is 0 Å². The van der Waals surface area contributed by atoms with Gasteiger partial charge in [0, 0.05) is 12.2 Å². The van der Waals surface area contributed by atoms with Crippen LogP contribution in [0.4, 0.5) is 0 Å². The summed E-state index contributed by atoms with van der Waals surface area (Å²) in [6.45, 7) is 27.8. The van der Waals surface area contributed by atoms with Crippen molar-refractivity contribution in [3.05, 3.63) is 16.9 Å². The van der Waals surface area contributed by atoms with Crippen LogP contribution in [0.25, 0.3) is 0 Å². The highest BCUT2D eigenvalue weighted by molar-refractivity contribution is 6.83. The van der Waals surface area contributed by atoms with E-state index < -0.39 is 21.3 Å². The van der Waals surface area contributed by atoms with Crippen molar-refractivity contribution in [2.24, 2.45) is 51.8 Å². The largest absolute Gasteiger partial charge is 0.494 e. The second-order valence-electron chi connectivity index (χ2n) is 16.4. The molecule has 0 unspecified atom stereocenters. The Labute approximate surface area is 224 Å². The van der Waals surface area contributed by atoms with Gasteiger partial charge < -0.3 is 14.4 Å². The van der Waals surface area contributed by atoms with E-state index in [0.717, 1.165) is 41.7 Å². The Balaban J connectivity index is 1.60. The molecule has 5 heteroatoms. The van der Waals surface area contributed by atoms with Crippen LogP contribution in [0.1, 0.15) is 88.0 Å². The summed E-state index contributed by atoms with van der Waals surface area (Å²) in [5, 5.41) is 12.3. The van der Waals surface area contributed by atoms with Crippen molar-refractivity contribution >= 4 is 15.2 Å². The van der Waals surface area contributed by atoms with Crippen molar-refractivity contribution in [3.8, 4) is 0 Å². The zero-order chi connectivity index (χ0) is 27.0. The van der Waals surface area contributed by atoms with Gasteiger partial charge in [-0.25, -0.2) is 0 Å². The third-order valence-corrected chi connectivity index (χ3v) is 13.5. The molecule has 6 saturated carbocycles. The van der Waals surface area contributed by atoms with E-state index in [-0.39, 0.29) is 17.6 Å². The first kappa shape index (κ1) is 28.7. The van der Waals surface area contributed by atoms with Crippen LogP contribution >= 0.6 is 0 Å². The first-order valence-corrected chi connectivity index (χ1v) is 18.3. The molecule has 3 nitrogen and oxygen atoms in total. The van der Waals surface area contributed by atoms with Gasteiger partial charge in [-0.2, -0.15) is 0 Å². The Morgan fingerprint density at radius 1 is 0.889 bits per heavy atom. The maximum Gasteiger partial charge on any atom is 0.494 e. The molecular weight excluding hydrogens is 459 g/mol. The standard InChI is InChI=1S/C31H55BO3Si/c1-19-23-15-21(30(23,6)7)17-25(19)34-32(14-13-27(36(10,11)12)28(33)29(3,4)5)35-26-18-22-16-24(20(26)2)31(22,8)9/h14,19-26,28,33H,15-18H2,1-12H3/t13?,19-,20-,21+,22+,23-,24-,25-,26-,28+/m1/s1. The van der Waals surface area contributed by atoms with E-state index in [2.05, 4.69) is 87.7 Å². The lowest BCUT2D eigenvalue weighted by molar-refractivity contribution is -0.165. The highest BCUT2D eigenvalue weighted by Gasteiger charge is 2.58. The van der Waals surface area contributed by atoms with Gasteiger partial charge in [0.2, 0.25) is 0 Å². The molecule has 1 N–H and O–H groups in total. The smallest absolute Gasteiger partial charge is 0.404 e. The quantitative estimate of drug-likeness (QED) is 0.282. The molecule has 0 saturated heterocycles. The molecule has 6 rings (SSSR count). The van der Waals surface area contributed by atoms with Crippen molar-refractivity contribution in [2.45, 2.75) is 126 Å². The lowest BCUT2D eigenvalue weighted by Gasteiger charge is -2.62. The van der Waals surface area contributed by atoms with Gasteiger partial charge in [-0.05, 0) is 88.6 Å². The van der Waals surface area contributed by atoms with Crippen LogP contribution in [0.2, 0.25) is 19.6 Å². The summed E-state index contributed by atoms with van der Waals surface area (Å²) in [6, 6.07) is 0. The topological polar surface area (TPSA) is 38.7 Å². The molecular formula is C31H55BO3Si. The van der Waals surface area contributed by atoms with E-state index in [1.54, 1.807) is 0 Å². The maximum absolute atomic E-state index is 11.3. The number of aliphatic hydroxyl groups excluding tert-OH is 1. The van der Waals surface area contributed by atoms with Gasteiger partial charge in [-0.3, -0.25) is 0 Å². The fraction of sp³-hybridized carbons (Fsp3) is 0.903. The van der Waals surface area contributed by atoms with Crippen molar-refractivity contribution in [1.29, 1.82) is 0 Å². The summed E-state index contributed by atoms with van der Waals surface area (Å²) < 4.78 is 13.7. The molecule has 36 heavy (non-hydrogen) atoms. The summed E-state index contributed by atoms with van der Waals surface area (Å²) >= 11 is 0. The molecule has 0 aromatic carbocycles. The molecule has 0 heterocycles. The minimum Gasteiger partial charge on any atom is -0.404 e. The van der Waals surface area contributed by atoms with Crippen LogP contribution < -0.4 is 0 Å². The fourth-order valence-corrected chi connectivity index (χ4v) is 10.1. The lowest BCUT2D eigenvalue weighted by atomic mass is 9.45.